The second-order valence-electron chi connectivity index (χ2n) is 6.97. The number of halogens is 2. The van der Waals surface area contributed by atoms with Crippen molar-refractivity contribution in [2.75, 3.05) is 0 Å². The highest BCUT2D eigenvalue weighted by Gasteiger charge is 2.36. The predicted octanol–water partition coefficient (Wildman–Crippen LogP) is 4.39. The van der Waals surface area contributed by atoms with Gasteiger partial charge in [-0.15, -0.1) is 0 Å². The fourth-order valence-electron chi connectivity index (χ4n) is 3.44. The number of hydrogen-bond acceptors (Lipinski definition) is 2. The van der Waals surface area contributed by atoms with Gasteiger partial charge in [-0.1, -0.05) is 18.2 Å². The van der Waals surface area contributed by atoms with Crippen LogP contribution in [0.3, 0.4) is 0 Å². The lowest BCUT2D eigenvalue weighted by atomic mass is 9.82. The Morgan fingerprint density at radius 1 is 1.29 bits per heavy atom. The van der Waals surface area contributed by atoms with E-state index in [0.29, 0.717) is 18.8 Å². The van der Waals surface area contributed by atoms with Crippen molar-refractivity contribution >= 4 is 0 Å². The van der Waals surface area contributed by atoms with Gasteiger partial charge in [-0.25, -0.2) is 8.78 Å². The minimum absolute atomic E-state index is 0.0280. The Hall–Kier alpha value is -1.75. The molecule has 1 aliphatic rings. The van der Waals surface area contributed by atoms with Crippen molar-refractivity contribution in [3.63, 3.8) is 0 Å². The fraction of sp³-hybridized carbons (Fsp3) is 0.526. The SMILES string of the molecule is C[C@H](NCc1cccc(-c2cnn(C)c2)c1)C1CCC(F)(F)CC1. The van der Waals surface area contributed by atoms with Gasteiger partial charge in [-0.3, -0.25) is 4.68 Å². The van der Waals surface area contributed by atoms with Crippen molar-refractivity contribution in [1.29, 1.82) is 0 Å². The van der Waals surface area contributed by atoms with Crippen molar-refractivity contribution in [3.05, 3.63) is 42.2 Å². The molecule has 0 unspecified atom stereocenters. The van der Waals surface area contributed by atoms with E-state index in [4.69, 9.17) is 0 Å². The van der Waals surface area contributed by atoms with Crippen LogP contribution in [0.25, 0.3) is 11.1 Å². The van der Waals surface area contributed by atoms with Crippen LogP contribution in [0.4, 0.5) is 8.78 Å². The summed E-state index contributed by atoms with van der Waals surface area (Å²) in [5.74, 6) is -2.11. The van der Waals surface area contributed by atoms with E-state index in [1.807, 2.05) is 25.5 Å². The normalized spacial score (nSPS) is 19.3. The monoisotopic (exact) mass is 333 g/mol. The third-order valence-electron chi connectivity index (χ3n) is 5.06. The summed E-state index contributed by atoms with van der Waals surface area (Å²) < 4.78 is 28.3. The maximum Gasteiger partial charge on any atom is 0.248 e. The first-order valence-corrected chi connectivity index (χ1v) is 8.62. The lowest BCUT2D eigenvalue weighted by Crippen LogP contribution is -2.37. The number of benzene rings is 1. The highest BCUT2D eigenvalue weighted by molar-refractivity contribution is 5.62. The molecule has 0 saturated heterocycles. The minimum atomic E-state index is -2.45. The second kappa shape index (κ2) is 7.01. The van der Waals surface area contributed by atoms with Crippen LogP contribution < -0.4 is 5.32 Å². The number of alkyl halides is 2. The van der Waals surface area contributed by atoms with Crippen molar-refractivity contribution in [1.82, 2.24) is 15.1 Å². The van der Waals surface area contributed by atoms with Crippen LogP contribution in [-0.4, -0.2) is 21.7 Å². The van der Waals surface area contributed by atoms with Crippen molar-refractivity contribution < 1.29 is 8.78 Å². The predicted molar refractivity (Wildman–Crippen MR) is 91.9 cm³/mol. The highest BCUT2D eigenvalue weighted by atomic mass is 19.3. The van der Waals surface area contributed by atoms with E-state index >= 15 is 0 Å². The third-order valence-corrected chi connectivity index (χ3v) is 5.06. The summed E-state index contributed by atoms with van der Waals surface area (Å²) in [5.41, 5.74) is 3.44. The van der Waals surface area contributed by atoms with E-state index < -0.39 is 5.92 Å². The molecule has 0 aliphatic heterocycles. The van der Waals surface area contributed by atoms with Crippen LogP contribution in [0, 0.1) is 5.92 Å². The molecule has 3 nitrogen and oxygen atoms in total. The molecule has 2 aromatic rings. The number of hydrogen-bond donors (Lipinski definition) is 1. The molecule has 1 saturated carbocycles. The molecule has 1 aromatic carbocycles. The van der Waals surface area contributed by atoms with E-state index in [1.165, 1.54) is 5.56 Å². The van der Waals surface area contributed by atoms with Gasteiger partial charge in [0.25, 0.3) is 0 Å². The van der Waals surface area contributed by atoms with Gasteiger partial charge >= 0.3 is 0 Å². The molecule has 0 spiro atoms. The lowest BCUT2D eigenvalue weighted by molar-refractivity contribution is -0.0489. The number of nitrogens with zero attached hydrogens (tertiary/aromatic N) is 2. The summed E-state index contributed by atoms with van der Waals surface area (Å²) in [5, 5.41) is 7.72. The quantitative estimate of drug-likeness (QED) is 0.879. The van der Waals surface area contributed by atoms with Gasteiger partial charge in [0.05, 0.1) is 6.20 Å². The average molecular weight is 333 g/mol. The van der Waals surface area contributed by atoms with Crippen LogP contribution >= 0.6 is 0 Å². The molecule has 3 rings (SSSR count). The molecule has 0 bridgehead atoms. The number of aryl methyl sites for hydroxylation is 1. The van der Waals surface area contributed by atoms with Gasteiger partial charge in [0, 0.05) is 44.2 Å². The second-order valence-corrected chi connectivity index (χ2v) is 6.97. The first-order chi connectivity index (χ1) is 11.4. The molecule has 130 valence electrons. The molecule has 1 aromatic heterocycles. The number of aromatic nitrogens is 2. The summed E-state index contributed by atoms with van der Waals surface area (Å²) in [6.07, 6.45) is 5.13. The molecule has 5 heteroatoms. The Labute approximate surface area is 142 Å². The van der Waals surface area contributed by atoms with Crippen molar-refractivity contribution in [3.8, 4) is 11.1 Å². The highest BCUT2D eigenvalue weighted by Crippen LogP contribution is 2.37. The fourth-order valence-corrected chi connectivity index (χ4v) is 3.44. The summed E-state index contributed by atoms with van der Waals surface area (Å²) in [6, 6.07) is 8.63. The third kappa shape index (κ3) is 4.20. The first kappa shape index (κ1) is 17.1. The molecule has 0 radical (unpaired) electrons. The van der Waals surface area contributed by atoms with Gasteiger partial charge in [0.2, 0.25) is 5.92 Å². The Bertz CT molecular complexity index is 671. The summed E-state index contributed by atoms with van der Waals surface area (Å²) in [4.78, 5) is 0. The van der Waals surface area contributed by atoms with Crippen LogP contribution in [-0.2, 0) is 13.6 Å². The Balaban J connectivity index is 1.57. The zero-order valence-electron chi connectivity index (χ0n) is 14.3. The Morgan fingerprint density at radius 2 is 2.04 bits per heavy atom. The molecule has 1 heterocycles. The molecular formula is C19H25F2N3. The van der Waals surface area contributed by atoms with E-state index in [1.54, 1.807) is 4.68 Å². The van der Waals surface area contributed by atoms with Gasteiger partial charge in [0.1, 0.15) is 0 Å². The van der Waals surface area contributed by atoms with Gasteiger partial charge in [-0.05, 0) is 42.9 Å². The van der Waals surface area contributed by atoms with E-state index in [9.17, 15) is 8.78 Å². The zero-order chi connectivity index (χ0) is 17.2. The van der Waals surface area contributed by atoms with Crippen LogP contribution in [0.5, 0.6) is 0 Å². The smallest absolute Gasteiger partial charge is 0.248 e. The average Bonchev–Trinajstić information content (AvgIpc) is 2.99. The molecule has 1 aliphatic carbocycles. The minimum Gasteiger partial charge on any atom is -0.310 e. The molecule has 1 N–H and O–H groups in total. The molecule has 1 fully saturated rings. The molecule has 24 heavy (non-hydrogen) atoms. The number of nitrogens with one attached hydrogen (secondary N) is 1. The van der Waals surface area contributed by atoms with Crippen LogP contribution in [0.1, 0.15) is 38.2 Å². The van der Waals surface area contributed by atoms with Crippen molar-refractivity contribution in [2.45, 2.75) is 51.1 Å². The molecular weight excluding hydrogens is 308 g/mol. The maximum atomic E-state index is 13.3. The first-order valence-electron chi connectivity index (χ1n) is 8.62. The Kier molecular flexibility index (Phi) is 4.99. The van der Waals surface area contributed by atoms with Crippen LogP contribution in [0.2, 0.25) is 0 Å². The topological polar surface area (TPSA) is 29.9 Å². The lowest BCUT2D eigenvalue weighted by Gasteiger charge is -2.32. The van der Waals surface area contributed by atoms with Gasteiger partial charge in [0.15, 0.2) is 0 Å². The Morgan fingerprint density at radius 3 is 2.71 bits per heavy atom. The number of rotatable bonds is 5. The zero-order valence-corrected chi connectivity index (χ0v) is 14.3. The summed E-state index contributed by atoms with van der Waals surface area (Å²) in [7, 11) is 1.91. The van der Waals surface area contributed by atoms with Crippen molar-refractivity contribution in [2.24, 2.45) is 13.0 Å². The maximum absolute atomic E-state index is 13.3. The largest absolute Gasteiger partial charge is 0.310 e. The van der Waals surface area contributed by atoms with E-state index in [2.05, 4.69) is 35.5 Å². The van der Waals surface area contributed by atoms with E-state index in [0.717, 1.165) is 17.7 Å². The van der Waals surface area contributed by atoms with E-state index in [-0.39, 0.29) is 18.9 Å². The standard InChI is InChI=1S/C19H25F2N3/c1-14(16-6-8-19(20,21)9-7-16)22-11-15-4-3-5-17(10-15)18-12-23-24(2)13-18/h3-5,10,12-14,16,22H,6-9,11H2,1-2H3/t14-/m0/s1. The summed E-state index contributed by atoms with van der Waals surface area (Å²) in [6.45, 7) is 2.86. The molecule has 0 amide bonds. The summed E-state index contributed by atoms with van der Waals surface area (Å²) >= 11 is 0. The van der Waals surface area contributed by atoms with Gasteiger partial charge in [-0.2, -0.15) is 5.10 Å². The van der Waals surface area contributed by atoms with Gasteiger partial charge < -0.3 is 5.32 Å². The molecule has 1 atom stereocenters. The van der Waals surface area contributed by atoms with Crippen LogP contribution in [0.15, 0.2) is 36.7 Å².